The highest BCUT2D eigenvalue weighted by Crippen LogP contribution is 2.04. The summed E-state index contributed by atoms with van der Waals surface area (Å²) in [7, 11) is 0. The fourth-order valence-corrected chi connectivity index (χ4v) is 0.274. The lowest BCUT2D eigenvalue weighted by atomic mass is 10.0. The number of aliphatic hydroxyl groups is 2. The SMILES string of the molecule is CCC([NH])(CO)CO. The van der Waals surface area contributed by atoms with Crippen molar-refractivity contribution < 1.29 is 10.2 Å². The van der Waals surface area contributed by atoms with Crippen LogP contribution in [0.5, 0.6) is 0 Å². The van der Waals surface area contributed by atoms with Crippen LogP contribution in [0, 0.1) is 0 Å². The molecule has 0 heterocycles. The number of nitrogens with one attached hydrogen (secondary N) is 1. The molecule has 0 saturated heterocycles. The summed E-state index contributed by atoms with van der Waals surface area (Å²) >= 11 is 0. The Bertz CT molecular complexity index is 53.2. The molecule has 0 aliphatic rings. The Morgan fingerprint density at radius 3 is 1.75 bits per heavy atom. The maximum Gasteiger partial charge on any atom is 0.0781 e. The highest BCUT2D eigenvalue weighted by Gasteiger charge is 2.20. The van der Waals surface area contributed by atoms with E-state index in [2.05, 4.69) is 0 Å². The van der Waals surface area contributed by atoms with Crippen LogP contribution in [0.25, 0.3) is 0 Å². The first-order valence-electron chi connectivity index (χ1n) is 2.65. The lowest BCUT2D eigenvalue weighted by molar-refractivity contribution is 0.113. The number of hydrogen-bond acceptors (Lipinski definition) is 2. The molecule has 0 aromatic carbocycles. The van der Waals surface area contributed by atoms with Crippen molar-refractivity contribution in [2.75, 3.05) is 13.2 Å². The molecule has 3 nitrogen and oxygen atoms in total. The van der Waals surface area contributed by atoms with Crippen molar-refractivity contribution >= 4 is 0 Å². The molecule has 8 heavy (non-hydrogen) atoms. The molecule has 3 heteroatoms. The van der Waals surface area contributed by atoms with Crippen LogP contribution in [-0.4, -0.2) is 29.0 Å². The molecule has 49 valence electrons. The van der Waals surface area contributed by atoms with E-state index < -0.39 is 5.54 Å². The lowest BCUT2D eigenvalue weighted by Crippen LogP contribution is -2.38. The summed E-state index contributed by atoms with van der Waals surface area (Å²) in [5.74, 6) is 0. The third kappa shape index (κ3) is 1.78. The van der Waals surface area contributed by atoms with Gasteiger partial charge >= 0.3 is 0 Å². The highest BCUT2D eigenvalue weighted by atomic mass is 16.3. The zero-order valence-electron chi connectivity index (χ0n) is 5.02. The van der Waals surface area contributed by atoms with Gasteiger partial charge in [-0.25, -0.2) is 5.73 Å². The Morgan fingerprint density at radius 2 is 1.75 bits per heavy atom. The average molecular weight is 118 g/mol. The van der Waals surface area contributed by atoms with Gasteiger partial charge in [0.1, 0.15) is 0 Å². The van der Waals surface area contributed by atoms with E-state index in [4.69, 9.17) is 15.9 Å². The highest BCUT2D eigenvalue weighted by molar-refractivity contribution is 4.78. The van der Waals surface area contributed by atoms with E-state index in [1.807, 2.05) is 0 Å². The molecule has 0 aliphatic carbocycles. The van der Waals surface area contributed by atoms with Crippen LogP contribution in [0.15, 0.2) is 0 Å². The summed E-state index contributed by atoms with van der Waals surface area (Å²) in [6.07, 6.45) is 0.486. The van der Waals surface area contributed by atoms with Crippen LogP contribution in [0.4, 0.5) is 0 Å². The summed E-state index contributed by atoms with van der Waals surface area (Å²) in [6.45, 7) is 1.24. The second-order valence-electron chi connectivity index (χ2n) is 1.95. The van der Waals surface area contributed by atoms with Gasteiger partial charge in [0.05, 0.1) is 18.8 Å². The summed E-state index contributed by atoms with van der Waals surface area (Å²) < 4.78 is 0. The Morgan fingerprint density at radius 1 is 1.38 bits per heavy atom. The maximum atomic E-state index is 8.44. The van der Waals surface area contributed by atoms with E-state index in [9.17, 15) is 0 Å². The second-order valence-corrected chi connectivity index (χ2v) is 1.95. The standard InChI is InChI=1S/C5H12NO2/c1-2-5(6,3-7)4-8/h6-8H,2-4H2,1H3. The van der Waals surface area contributed by atoms with Crippen LogP contribution < -0.4 is 5.73 Å². The van der Waals surface area contributed by atoms with Gasteiger partial charge in [0.2, 0.25) is 0 Å². The molecule has 3 N–H and O–H groups in total. The minimum Gasteiger partial charge on any atom is -0.394 e. The molecular weight excluding hydrogens is 106 g/mol. The molecule has 0 amide bonds. The van der Waals surface area contributed by atoms with Crippen LogP contribution in [0.2, 0.25) is 0 Å². The molecule has 0 aromatic heterocycles. The molecule has 0 bridgehead atoms. The first-order valence-corrected chi connectivity index (χ1v) is 2.65. The second kappa shape index (κ2) is 3.02. The number of aliphatic hydroxyl groups excluding tert-OH is 2. The predicted octanol–water partition coefficient (Wildman–Crippen LogP) is -0.597. The molecule has 0 fully saturated rings. The van der Waals surface area contributed by atoms with Gasteiger partial charge in [0.15, 0.2) is 0 Å². The van der Waals surface area contributed by atoms with E-state index in [-0.39, 0.29) is 13.2 Å². The third-order valence-corrected chi connectivity index (χ3v) is 1.28. The molecule has 0 saturated carbocycles. The maximum absolute atomic E-state index is 8.44. The minimum atomic E-state index is -1.01. The zero-order chi connectivity index (χ0) is 6.62. The normalized spacial score (nSPS) is 12.0. The minimum absolute atomic E-state index is 0.264. The van der Waals surface area contributed by atoms with Gasteiger partial charge in [-0.1, -0.05) is 6.92 Å². The summed E-state index contributed by atoms with van der Waals surface area (Å²) in [6, 6.07) is 0. The summed E-state index contributed by atoms with van der Waals surface area (Å²) in [5.41, 5.74) is 6.15. The van der Waals surface area contributed by atoms with Gasteiger partial charge in [-0.15, -0.1) is 0 Å². The molecule has 1 radical (unpaired) electrons. The molecular formula is C5H12NO2. The zero-order valence-corrected chi connectivity index (χ0v) is 5.02. The van der Waals surface area contributed by atoms with Gasteiger partial charge in [-0.05, 0) is 6.42 Å². The first-order chi connectivity index (χ1) is 3.68. The van der Waals surface area contributed by atoms with E-state index in [0.29, 0.717) is 6.42 Å². The quantitative estimate of drug-likeness (QED) is 0.520. The third-order valence-electron chi connectivity index (χ3n) is 1.28. The summed E-state index contributed by atoms with van der Waals surface area (Å²) in [4.78, 5) is 0. The van der Waals surface area contributed by atoms with Crippen LogP contribution >= 0.6 is 0 Å². The van der Waals surface area contributed by atoms with Crippen molar-refractivity contribution in [3.8, 4) is 0 Å². The smallest absolute Gasteiger partial charge is 0.0781 e. The topological polar surface area (TPSA) is 64.3 Å². The average Bonchev–Trinajstić information content (AvgIpc) is 1.87. The fourth-order valence-electron chi connectivity index (χ4n) is 0.274. The Hall–Kier alpha value is -0.120. The van der Waals surface area contributed by atoms with Gasteiger partial charge in [-0.2, -0.15) is 0 Å². The van der Waals surface area contributed by atoms with Crippen molar-refractivity contribution in [2.45, 2.75) is 18.9 Å². The lowest BCUT2D eigenvalue weighted by Gasteiger charge is -2.20. The van der Waals surface area contributed by atoms with Gasteiger partial charge in [-0.3, -0.25) is 0 Å². The van der Waals surface area contributed by atoms with E-state index >= 15 is 0 Å². The van der Waals surface area contributed by atoms with Crippen molar-refractivity contribution in [3.63, 3.8) is 0 Å². The fraction of sp³-hybridized carbons (Fsp3) is 1.00. The molecule has 0 unspecified atom stereocenters. The summed E-state index contributed by atoms with van der Waals surface area (Å²) in [5, 5.41) is 16.9. The molecule has 0 aliphatic heterocycles. The van der Waals surface area contributed by atoms with Crippen molar-refractivity contribution in [3.05, 3.63) is 0 Å². The number of hydrogen-bond donors (Lipinski definition) is 2. The number of rotatable bonds is 3. The van der Waals surface area contributed by atoms with Crippen molar-refractivity contribution in [2.24, 2.45) is 0 Å². The van der Waals surface area contributed by atoms with E-state index in [1.165, 1.54) is 0 Å². The monoisotopic (exact) mass is 118 g/mol. The largest absolute Gasteiger partial charge is 0.394 e. The van der Waals surface area contributed by atoms with Gasteiger partial charge in [0, 0.05) is 0 Å². The van der Waals surface area contributed by atoms with E-state index in [1.54, 1.807) is 6.92 Å². The predicted molar refractivity (Wildman–Crippen MR) is 30.3 cm³/mol. The van der Waals surface area contributed by atoms with Crippen LogP contribution in [0.3, 0.4) is 0 Å². The molecule has 0 spiro atoms. The Kier molecular flexibility index (Phi) is 2.97. The van der Waals surface area contributed by atoms with Crippen molar-refractivity contribution in [1.29, 1.82) is 0 Å². The van der Waals surface area contributed by atoms with Gasteiger partial charge in [0.25, 0.3) is 0 Å². The van der Waals surface area contributed by atoms with Crippen molar-refractivity contribution in [1.82, 2.24) is 5.73 Å². The molecule has 0 rings (SSSR count). The van der Waals surface area contributed by atoms with Crippen LogP contribution in [0.1, 0.15) is 13.3 Å². The van der Waals surface area contributed by atoms with Gasteiger partial charge < -0.3 is 10.2 Å². The Labute approximate surface area is 49.1 Å². The molecule has 0 aromatic rings. The first kappa shape index (κ1) is 7.88. The van der Waals surface area contributed by atoms with Crippen LogP contribution in [-0.2, 0) is 0 Å². The molecule has 0 atom stereocenters. The van der Waals surface area contributed by atoms with E-state index in [0.717, 1.165) is 0 Å². The Balaban J connectivity index is 3.58.